The molecule has 0 radical (unpaired) electrons. The summed E-state index contributed by atoms with van der Waals surface area (Å²) < 4.78 is 0. The van der Waals surface area contributed by atoms with E-state index in [-0.39, 0.29) is 0 Å². The lowest BCUT2D eigenvalue weighted by atomic mass is 10.1. The van der Waals surface area contributed by atoms with Crippen LogP contribution in [0.5, 0.6) is 0 Å². The van der Waals surface area contributed by atoms with Crippen LogP contribution in [0.1, 0.15) is 25.7 Å². The van der Waals surface area contributed by atoms with E-state index in [1.807, 2.05) is 6.07 Å². The Morgan fingerprint density at radius 2 is 1.59 bits per heavy atom. The van der Waals surface area contributed by atoms with Crippen LogP contribution in [0, 0.1) is 0 Å². The average molecular weight is 519 g/mol. The SMILES string of the molecule is CN(CCNC(=S)Nc1cccc2ccccc12)CCNc1cc(N2CCCC2)nc(N2CCCC2)n1. The summed E-state index contributed by atoms with van der Waals surface area (Å²) in [7, 11) is 2.13. The lowest BCUT2D eigenvalue weighted by molar-refractivity contribution is 0.352. The van der Waals surface area contributed by atoms with E-state index in [1.165, 1.54) is 36.5 Å². The molecule has 0 saturated carbocycles. The molecule has 5 rings (SSSR count). The zero-order valence-electron chi connectivity index (χ0n) is 21.7. The second-order valence-corrected chi connectivity index (χ2v) is 10.3. The summed E-state index contributed by atoms with van der Waals surface area (Å²) >= 11 is 5.54. The van der Waals surface area contributed by atoms with Gasteiger partial charge in [-0.05, 0) is 56.4 Å². The smallest absolute Gasteiger partial charge is 0.229 e. The fourth-order valence-corrected chi connectivity index (χ4v) is 5.24. The van der Waals surface area contributed by atoms with Crippen LogP contribution >= 0.6 is 12.2 Å². The normalized spacial score (nSPS) is 15.5. The molecule has 2 fully saturated rings. The summed E-state index contributed by atoms with van der Waals surface area (Å²) in [6.45, 7) is 7.68. The molecule has 8 nitrogen and oxygen atoms in total. The zero-order chi connectivity index (χ0) is 25.5. The van der Waals surface area contributed by atoms with Crippen molar-refractivity contribution < 1.29 is 0 Å². The number of benzene rings is 2. The van der Waals surface area contributed by atoms with E-state index in [0.717, 1.165) is 75.6 Å². The molecule has 2 aliphatic rings. The minimum atomic E-state index is 0.646. The Kier molecular flexibility index (Phi) is 8.53. The zero-order valence-corrected chi connectivity index (χ0v) is 22.6. The van der Waals surface area contributed by atoms with Crippen LogP contribution in [0.15, 0.2) is 48.5 Å². The second-order valence-electron chi connectivity index (χ2n) is 9.94. The Hall–Kier alpha value is -3.17. The van der Waals surface area contributed by atoms with Crippen LogP contribution in [-0.2, 0) is 0 Å². The van der Waals surface area contributed by atoms with Gasteiger partial charge in [-0.25, -0.2) is 0 Å². The van der Waals surface area contributed by atoms with Gasteiger partial charge in [0, 0.05) is 69.5 Å². The van der Waals surface area contributed by atoms with Crippen LogP contribution in [0.2, 0.25) is 0 Å². The van der Waals surface area contributed by atoms with Crippen molar-refractivity contribution in [3.8, 4) is 0 Å². The number of nitrogens with zero attached hydrogens (tertiary/aromatic N) is 5. The number of aromatic nitrogens is 2. The van der Waals surface area contributed by atoms with Crippen molar-refractivity contribution in [1.29, 1.82) is 0 Å². The first-order valence-electron chi connectivity index (χ1n) is 13.5. The summed E-state index contributed by atoms with van der Waals surface area (Å²) in [6.07, 6.45) is 4.93. The van der Waals surface area contributed by atoms with Crippen LogP contribution in [0.4, 0.5) is 23.3 Å². The third-order valence-electron chi connectivity index (χ3n) is 7.14. The Labute approximate surface area is 225 Å². The lowest BCUT2D eigenvalue weighted by Crippen LogP contribution is -2.37. The number of fused-ring (bicyclic) bond motifs is 1. The van der Waals surface area contributed by atoms with E-state index < -0.39 is 0 Å². The average Bonchev–Trinajstić information content (AvgIpc) is 3.64. The third-order valence-corrected chi connectivity index (χ3v) is 7.38. The van der Waals surface area contributed by atoms with Gasteiger partial charge in [0.15, 0.2) is 5.11 Å². The fourth-order valence-electron chi connectivity index (χ4n) is 5.03. The largest absolute Gasteiger partial charge is 0.369 e. The van der Waals surface area contributed by atoms with Gasteiger partial charge in [0.1, 0.15) is 11.6 Å². The van der Waals surface area contributed by atoms with Crippen molar-refractivity contribution in [3.63, 3.8) is 0 Å². The van der Waals surface area contributed by atoms with Gasteiger partial charge >= 0.3 is 0 Å². The summed E-state index contributed by atoms with van der Waals surface area (Å²) in [6, 6.07) is 16.7. The highest BCUT2D eigenvalue weighted by atomic mass is 32.1. The molecular formula is C28H38N8S. The van der Waals surface area contributed by atoms with Crippen molar-refractivity contribution in [2.45, 2.75) is 25.7 Å². The minimum Gasteiger partial charge on any atom is -0.369 e. The molecule has 3 N–H and O–H groups in total. The first-order valence-corrected chi connectivity index (χ1v) is 13.9. The lowest BCUT2D eigenvalue weighted by Gasteiger charge is -2.22. The predicted octanol–water partition coefficient (Wildman–Crippen LogP) is 4.16. The Morgan fingerprint density at radius 1 is 0.892 bits per heavy atom. The molecule has 2 aromatic carbocycles. The Balaban J connectivity index is 1.08. The molecule has 0 bridgehead atoms. The molecule has 3 heterocycles. The van der Waals surface area contributed by atoms with Gasteiger partial charge in [-0.2, -0.15) is 9.97 Å². The molecule has 196 valence electrons. The quantitative estimate of drug-likeness (QED) is 0.343. The molecule has 0 spiro atoms. The summed E-state index contributed by atoms with van der Waals surface area (Å²) in [5.41, 5.74) is 1.03. The Morgan fingerprint density at radius 3 is 2.41 bits per heavy atom. The highest BCUT2D eigenvalue weighted by molar-refractivity contribution is 7.80. The number of likely N-dealkylation sites (N-methyl/N-ethyl adjacent to an activating group) is 1. The van der Waals surface area contributed by atoms with E-state index in [4.69, 9.17) is 22.2 Å². The van der Waals surface area contributed by atoms with Gasteiger partial charge < -0.3 is 30.7 Å². The maximum atomic E-state index is 5.54. The predicted molar refractivity (Wildman–Crippen MR) is 159 cm³/mol. The molecule has 9 heteroatoms. The van der Waals surface area contributed by atoms with Gasteiger partial charge in [-0.15, -0.1) is 0 Å². The highest BCUT2D eigenvalue weighted by Crippen LogP contribution is 2.25. The van der Waals surface area contributed by atoms with Crippen LogP contribution in [0.3, 0.4) is 0 Å². The number of thiocarbonyl (C=S) groups is 1. The second kappa shape index (κ2) is 12.4. The maximum absolute atomic E-state index is 5.54. The standard InChI is InChI=1S/C28H38N8S/c1-34(20-14-30-28(37)31-24-12-8-10-22-9-2-3-11-23(22)24)19-13-29-25-21-26(35-15-4-5-16-35)33-27(32-25)36-17-6-7-18-36/h2-3,8-12,21H,4-7,13-20H2,1H3,(H,29,32,33)(H2,30,31,37). The van der Waals surface area contributed by atoms with Crippen molar-refractivity contribution in [3.05, 3.63) is 48.5 Å². The number of hydrogen-bond acceptors (Lipinski definition) is 7. The number of hydrogen-bond donors (Lipinski definition) is 3. The number of anilines is 4. The van der Waals surface area contributed by atoms with E-state index in [0.29, 0.717) is 5.11 Å². The topological polar surface area (TPSA) is 71.6 Å². The number of nitrogens with one attached hydrogen (secondary N) is 3. The highest BCUT2D eigenvalue weighted by Gasteiger charge is 2.20. The van der Waals surface area contributed by atoms with Gasteiger partial charge in [-0.3, -0.25) is 0 Å². The summed E-state index contributed by atoms with van der Waals surface area (Å²) in [4.78, 5) is 16.8. The molecule has 3 aromatic rings. The van der Waals surface area contributed by atoms with Gasteiger partial charge in [0.25, 0.3) is 0 Å². The molecule has 0 amide bonds. The third kappa shape index (κ3) is 6.78. The first-order chi connectivity index (χ1) is 18.2. The van der Waals surface area contributed by atoms with Crippen molar-refractivity contribution in [1.82, 2.24) is 20.2 Å². The molecular weight excluding hydrogens is 480 g/mol. The monoisotopic (exact) mass is 518 g/mol. The molecule has 2 saturated heterocycles. The van der Waals surface area contributed by atoms with Gasteiger partial charge in [0.05, 0.1) is 0 Å². The van der Waals surface area contributed by atoms with E-state index in [1.54, 1.807) is 0 Å². The summed E-state index contributed by atoms with van der Waals surface area (Å²) in [5, 5.41) is 13.2. The van der Waals surface area contributed by atoms with Crippen LogP contribution in [-0.4, -0.2) is 79.4 Å². The van der Waals surface area contributed by atoms with Crippen LogP contribution < -0.4 is 25.8 Å². The molecule has 0 aliphatic carbocycles. The molecule has 1 aromatic heterocycles. The van der Waals surface area contributed by atoms with Crippen molar-refractivity contribution >= 4 is 51.4 Å². The Bertz CT molecular complexity index is 1150. The molecule has 0 unspecified atom stereocenters. The van der Waals surface area contributed by atoms with Gasteiger partial charge in [-0.1, -0.05) is 36.4 Å². The van der Waals surface area contributed by atoms with Gasteiger partial charge in [0.2, 0.25) is 5.95 Å². The number of rotatable bonds is 10. The van der Waals surface area contributed by atoms with E-state index in [9.17, 15) is 0 Å². The molecule has 0 atom stereocenters. The van der Waals surface area contributed by atoms with Crippen LogP contribution in [0.25, 0.3) is 10.8 Å². The molecule has 37 heavy (non-hydrogen) atoms. The summed E-state index contributed by atoms with van der Waals surface area (Å²) in [5.74, 6) is 2.85. The first kappa shape index (κ1) is 25.5. The molecule has 2 aliphatic heterocycles. The minimum absolute atomic E-state index is 0.646. The fraction of sp³-hybridized carbons (Fsp3) is 0.464. The maximum Gasteiger partial charge on any atom is 0.229 e. The van der Waals surface area contributed by atoms with E-state index >= 15 is 0 Å². The van der Waals surface area contributed by atoms with Crippen molar-refractivity contribution in [2.24, 2.45) is 0 Å². The van der Waals surface area contributed by atoms with E-state index in [2.05, 4.69) is 80.2 Å². The van der Waals surface area contributed by atoms with Crippen molar-refractivity contribution in [2.75, 3.05) is 79.8 Å².